The van der Waals surface area contributed by atoms with Gasteiger partial charge in [-0.2, -0.15) is 0 Å². The van der Waals surface area contributed by atoms with Crippen LogP contribution in [-0.2, 0) is 17.8 Å². The topological polar surface area (TPSA) is 40.5 Å². The number of aliphatic hydroxyl groups excluding tert-OH is 1. The molecule has 1 aliphatic rings. The molecule has 1 N–H and O–H groups in total. The number of hydrogen-bond acceptors (Lipinski definition) is 2. The van der Waals surface area contributed by atoms with Crippen molar-refractivity contribution in [2.24, 2.45) is 11.8 Å². The number of hydrogen-bond donors (Lipinski definition) is 1. The lowest BCUT2D eigenvalue weighted by Gasteiger charge is -2.34. The summed E-state index contributed by atoms with van der Waals surface area (Å²) >= 11 is 0. The van der Waals surface area contributed by atoms with E-state index in [1.807, 2.05) is 60.7 Å². The van der Waals surface area contributed by atoms with Crippen LogP contribution in [0.25, 0.3) is 0 Å². The van der Waals surface area contributed by atoms with E-state index >= 15 is 0 Å². The van der Waals surface area contributed by atoms with E-state index in [4.69, 9.17) is 0 Å². The van der Waals surface area contributed by atoms with Gasteiger partial charge in [-0.25, -0.2) is 13.2 Å². The maximum absolute atomic E-state index is 14.4. The van der Waals surface area contributed by atoms with Gasteiger partial charge in [-0.05, 0) is 36.3 Å². The van der Waals surface area contributed by atoms with Crippen LogP contribution in [0.3, 0.4) is 0 Å². The second-order valence-corrected chi connectivity index (χ2v) is 8.56. The Kier molecular flexibility index (Phi) is 7.14. The zero-order valence-corrected chi connectivity index (χ0v) is 18.1. The van der Waals surface area contributed by atoms with Crippen LogP contribution in [0.2, 0.25) is 0 Å². The van der Waals surface area contributed by atoms with Gasteiger partial charge in [-0.15, -0.1) is 0 Å². The average molecular weight is 454 g/mol. The van der Waals surface area contributed by atoms with E-state index in [2.05, 4.69) is 0 Å². The van der Waals surface area contributed by atoms with E-state index in [1.165, 1.54) is 0 Å². The standard InChI is InChI=1S/C27H26F3NO2/c28-21-13-24(29)23(25(30)14-21)15-22(19-11-12-19)27(33)31(16-18-7-3-1-4-8-18)26(17-32)20-9-5-2-6-10-20/h1-10,13-14,19,22,26,32H,11-12,15-17H2/t22-,26+/m1/s1. The number of carbonyl (C=O) groups is 1. The minimum atomic E-state index is -0.988. The summed E-state index contributed by atoms with van der Waals surface area (Å²) in [5.74, 6) is -3.90. The molecule has 3 nitrogen and oxygen atoms in total. The summed E-state index contributed by atoms with van der Waals surface area (Å²) in [5, 5.41) is 10.3. The first-order valence-electron chi connectivity index (χ1n) is 11.1. The zero-order valence-electron chi connectivity index (χ0n) is 18.1. The highest BCUT2D eigenvalue weighted by molar-refractivity contribution is 5.80. The predicted octanol–water partition coefficient (Wildman–Crippen LogP) is 5.44. The van der Waals surface area contributed by atoms with Crippen molar-refractivity contribution >= 4 is 5.91 Å². The molecule has 1 fully saturated rings. The Labute approximate surface area is 191 Å². The van der Waals surface area contributed by atoms with Crippen molar-refractivity contribution in [3.05, 3.63) is 107 Å². The summed E-state index contributed by atoms with van der Waals surface area (Å²) < 4.78 is 42.2. The van der Waals surface area contributed by atoms with E-state index in [-0.39, 0.29) is 37.0 Å². The van der Waals surface area contributed by atoms with Gasteiger partial charge in [0, 0.05) is 30.2 Å². The average Bonchev–Trinajstić information content (AvgIpc) is 3.65. The number of aliphatic hydroxyl groups is 1. The van der Waals surface area contributed by atoms with Gasteiger partial charge in [0.15, 0.2) is 0 Å². The molecule has 0 aromatic heterocycles. The maximum Gasteiger partial charge on any atom is 0.227 e. The summed E-state index contributed by atoms with van der Waals surface area (Å²) in [5.41, 5.74) is 1.38. The highest BCUT2D eigenvalue weighted by Crippen LogP contribution is 2.41. The molecule has 4 rings (SSSR count). The van der Waals surface area contributed by atoms with E-state index in [1.54, 1.807) is 4.90 Å². The predicted molar refractivity (Wildman–Crippen MR) is 119 cm³/mol. The van der Waals surface area contributed by atoms with Gasteiger partial charge in [0.1, 0.15) is 17.5 Å². The van der Waals surface area contributed by atoms with Crippen LogP contribution in [0.15, 0.2) is 72.8 Å². The lowest BCUT2D eigenvalue weighted by Crippen LogP contribution is -2.41. The van der Waals surface area contributed by atoms with E-state index in [0.29, 0.717) is 12.1 Å². The fourth-order valence-electron chi connectivity index (χ4n) is 4.34. The van der Waals surface area contributed by atoms with Gasteiger partial charge in [-0.3, -0.25) is 4.79 Å². The lowest BCUT2D eigenvalue weighted by molar-refractivity contribution is -0.140. The number of carbonyl (C=O) groups excluding carboxylic acids is 1. The molecule has 0 bridgehead atoms. The van der Waals surface area contributed by atoms with Crippen molar-refractivity contribution in [2.75, 3.05) is 6.61 Å². The van der Waals surface area contributed by atoms with Gasteiger partial charge in [-0.1, -0.05) is 60.7 Å². The monoisotopic (exact) mass is 453 g/mol. The Balaban J connectivity index is 1.69. The SMILES string of the molecule is O=C([C@H](Cc1c(F)cc(F)cc1F)C1CC1)N(Cc1ccccc1)[C@@H](CO)c1ccccc1. The summed E-state index contributed by atoms with van der Waals surface area (Å²) in [6, 6.07) is 19.3. The van der Waals surface area contributed by atoms with Crippen molar-refractivity contribution in [3.8, 4) is 0 Å². The molecule has 6 heteroatoms. The highest BCUT2D eigenvalue weighted by atomic mass is 19.1. The van der Waals surface area contributed by atoms with Crippen LogP contribution in [0, 0.1) is 29.3 Å². The van der Waals surface area contributed by atoms with Crippen molar-refractivity contribution in [1.82, 2.24) is 4.90 Å². The summed E-state index contributed by atoms with van der Waals surface area (Å²) in [7, 11) is 0. The molecule has 0 saturated heterocycles. The lowest BCUT2D eigenvalue weighted by atomic mass is 9.91. The fourth-order valence-corrected chi connectivity index (χ4v) is 4.34. The molecule has 172 valence electrons. The molecule has 2 atom stereocenters. The van der Waals surface area contributed by atoms with Crippen molar-refractivity contribution in [3.63, 3.8) is 0 Å². The van der Waals surface area contributed by atoms with Crippen molar-refractivity contribution in [1.29, 1.82) is 0 Å². The number of halogens is 3. The molecule has 0 aliphatic heterocycles. The molecule has 0 unspecified atom stereocenters. The number of nitrogens with zero attached hydrogens (tertiary/aromatic N) is 1. The van der Waals surface area contributed by atoms with Crippen LogP contribution in [-0.4, -0.2) is 22.5 Å². The minimum Gasteiger partial charge on any atom is -0.394 e. The first kappa shape index (κ1) is 23.1. The summed E-state index contributed by atoms with van der Waals surface area (Å²) in [4.78, 5) is 15.5. The summed E-state index contributed by atoms with van der Waals surface area (Å²) in [6.45, 7) is -0.0450. The van der Waals surface area contributed by atoms with E-state index < -0.39 is 29.4 Å². The van der Waals surface area contributed by atoms with Crippen LogP contribution in [0.4, 0.5) is 13.2 Å². The Morgan fingerprint density at radius 2 is 1.52 bits per heavy atom. The molecule has 0 heterocycles. The normalized spacial score (nSPS) is 15.2. The number of amides is 1. The second-order valence-electron chi connectivity index (χ2n) is 8.56. The Hall–Kier alpha value is -3.12. The van der Waals surface area contributed by atoms with Gasteiger partial charge in [0.2, 0.25) is 5.91 Å². The highest BCUT2D eigenvalue weighted by Gasteiger charge is 2.41. The quantitative estimate of drug-likeness (QED) is 0.469. The molecule has 3 aromatic rings. The maximum atomic E-state index is 14.4. The molecule has 1 saturated carbocycles. The first-order chi connectivity index (χ1) is 16.0. The first-order valence-corrected chi connectivity index (χ1v) is 11.1. The molecule has 3 aromatic carbocycles. The molecule has 0 spiro atoms. The fraction of sp³-hybridized carbons (Fsp3) is 0.296. The van der Waals surface area contributed by atoms with Crippen LogP contribution >= 0.6 is 0 Å². The Morgan fingerprint density at radius 1 is 0.939 bits per heavy atom. The molecule has 1 aliphatic carbocycles. The Morgan fingerprint density at radius 3 is 2.06 bits per heavy atom. The summed E-state index contributed by atoms with van der Waals surface area (Å²) in [6.07, 6.45) is 1.42. The van der Waals surface area contributed by atoms with Crippen LogP contribution in [0.1, 0.15) is 35.6 Å². The van der Waals surface area contributed by atoms with E-state index in [9.17, 15) is 23.1 Å². The molecule has 1 amide bonds. The third-order valence-corrected chi connectivity index (χ3v) is 6.25. The molecular formula is C27H26F3NO2. The number of rotatable bonds is 9. The van der Waals surface area contributed by atoms with Gasteiger partial charge in [0.25, 0.3) is 0 Å². The van der Waals surface area contributed by atoms with E-state index in [0.717, 1.165) is 24.0 Å². The van der Waals surface area contributed by atoms with Crippen molar-refractivity contribution in [2.45, 2.75) is 31.8 Å². The van der Waals surface area contributed by atoms with Crippen LogP contribution < -0.4 is 0 Å². The number of benzene rings is 3. The third kappa shape index (κ3) is 5.45. The molecular weight excluding hydrogens is 427 g/mol. The smallest absolute Gasteiger partial charge is 0.227 e. The minimum absolute atomic E-state index is 0.00487. The van der Waals surface area contributed by atoms with Gasteiger partial charge < -0.3 is 10.0 Å². The zero-order chi connectivity index (χ0) is 23.4. The third-order valence-electron chi connectivity index (χ3n) is 6.25. The molecule has 33 heavy (non-hydrogen) atoms. The van der Waals surface area contributed by atoms with Gasteiger partial charge in [0.05, 0.1) is 12.6 Å². The second kappa shape index (κ2) is 10.2. The van der Waals surface area contributed by atoms with Gasteiger partial charge >= 0.3 is 0 Å². The van der Waals surface area contributed by atoms with Crippen molar-refractivity contribution < 1.29 is 23.1 Å². The van der Waals surface area contributed by atoms with Crippen LogP contribution in [0.5, 0.6) is 0 Å². The molecule has 0 radical (unpaired) electrons. The Bertz CT molecular complexity index is 1060. The largest absolute Gasteiger partial charge is 0.394 e.